The monoisotopic (exact) mass is 418 g/mol. The summed E-state index contributed by atoms with van der Waals surface area (Å²) < 4.78 is 11.2. The lowest BCUT2D eigenvalue weighted by atomic mass is 10.0. The van der Waals surface area contributed by atoms with Crippen molar-refractivity contribution < 1.29 is 9.15 Å². The smallest absolute Gasteiger partial charge is 0.336 e. The van der Waals surface area contributed by atoms with Crippen LogP contribution < -0.4 is 20.6 Å². The van der Waals surface area contributed by atoms with Crippen LogP contribution >= 0.6 is 0 Å². The van der Waals surface area contributed by atoms with Crippen molar-refractivity contribution in [2.75, 3.05) is 24.6 Å². The molecule has 1 saturated heterocycles. The van der Waals surface area contributed by atoms with E-state index in [2.05, 4.69) is 28.2 Å². The zero-order valence-electron chi connectivity index (χ0n) is 17.8. The molecule has 7 heteroatoms. The highest BCUT2D eigenvalue weighted by atomic mass is 16.5. The third-order valence-electron chi connectivity index (χ3n) is 5.64. The number of pyridine rings is 1. The second-order valence-electron chi connectivity index (χ2n) is 8.03. The van der Waals surface area contributed by atoms with Crippen molar-refractivity contribution in [1.82, 2.24) is 10.3 Å². The largest absolute Gasteiger partial charge is 0.492 e. The van der Waals surface area contributed by atoms with Gasteiger partial charge in [0.1, 0.15) is 29.8 Å². The van der Waals surface area contributed by atoms with E-state index >= 15 is 0 Å². The molecule has 0 spiro atoms. The van der Waals surface area contributed by atoms with Gasteiger partial charge in [0.15, 0.2) is 0 Å². The van der Waals surface area contributed by atoms with E-state index in [1.165, 1.54) is 6.07 Å². The molecule has 3 aromatic rings. The number of piperidine rings is 1. The summed E-state index contributed by atoms with van der Waals surface area (Å²) in [6.07, 6.45) is 3.69. The predicted molar refractivity (Wildman–Crippen MR) is 120 cm³/mol. The van der Waals surface area contributed by atoms with Gasteiger partial charge in [0.25, 0.3) is 0 Å². The van der Waals surface area contributed by atoms with E-state index in [1.54, 1.807) is 18.3 Å². The van der Waals surface area contributed by atoms with Crippen LogP contribution in [-0.4, -0.2) is 36.8 Å². The Morgan fingerprint density at radius 2 is 2.13 bits per heavy atom. The molecule has 0 aliphatic carbocycles. The molecular formula is C24H26N4O3. The van der Waals surface area contributed by atoms with Crippen molar-refractivity contribution in [3.05, 3.63) is 64.1 Å². The van der Waals surface area contributed by atoms with Gasteiger partial charge in [-0.3, -0.25) is 0 Å². The fourth-order valence-corrected chi connectivity index (χ4v) is 4.06. The second-order valence-corrected chi connectivity index (χ2v) is 8.03. The van der Waals surface area contributed by atoms with Crippen LogP contribution in [0.1, 0.15) is 30.9 Å². The maximum absolute atomic E-state index is 11.6. The molecule has 1 aromatic carbocycles. The van der Waals surface area contributed by atoms with Gasteiger partial charge in [0.2, 0.25) is 0 Å². The van der Waals surface area contributed by atoms with E-state index in [4.69, 9.17) is 9.15 Å². The summed E-state index contributed by atoms with van der Waals surface area (Å²) in [5, 5.41) is 13.8. The molecule has 1 aliphatic heterocycles. The van der Waals surface area contributed by atoms with Crippen LogP contribution in [0.4, 0.5) is 5.82 Å². The fraction of sp³-hybridized carbons (Fsp3) is 0.375. The zero-order valence-corrected chi connectivity index (χ0v) is 17.8. The lowest BCUT2D eigenvalue weighted by Crippen LogP contribution is -2.47. The number of ether oxygens (including phenoxy) is 1. The van der Waals surface area contributed by atoms with Crippen LogP contribution in [0.5, 0.6) is 5.75 Å². The van der Waals surface area contributed by atoms with Crippen LogP contribution in [0.3, 0.4) is 0 Å². The number of hydrogen-bond donors (Lipinski definition) is 1. The molecule has 0 amide bonds. The molecule has 0 saturated carbocycles. The molecule has 160 valence electrons. The second kappa shape index (κ2) is 9.19. The quantitative estimate of drug-likeness (QED) is 0.614. The molecule has 2 aromatic heterocycles. The molecule has 1 N–H and O–H groups in total. The predicted octanol–water partition coefficient (Wildman–Crippen LogP) is 3.39. The van der Waals surface area contributed by atoms with Gasteiger partial charge in [-0.1, -0.05) is 0 Å². The summed E-state index contributed by atoms with van der Waals surface area (Å²) in [5.41, 5.74) is 1.71. The normalized spacial score (nSPS) is 15.6. The molecule has 1 aliphatic rings. The van der Waals surface area contributed by atoms with E-state index in [0.29, 0.717) is 29.5 Å². The number of aryl methyl sites for hydroxylation is 1. The highest BCUT2D eigenvalue weighted by Gasteiger charge is 2.23. The van der Waals surface area contributed by atoms with Gasteiger partial charge in [-0.05, 0) is 56.5 Å². The van der Waals surface area contributed by atoms with Gasteiger partial charge >= 0.3 is 5.63 Å². The topological polar surface area (TPSA) is 91.4 Å². The number of anilines is 1. The Kier molecular flexibility index (Phi) is 6.19. The summed E-state index contributed by atoms with van der Waals surface area (Å²) in [7, 11) is 0. The van der Waals surface area contributed by atoms with Crippen LogP contribution in [0, 0.1) is 18.3 Å². The highest BCUT2D eigenvalue weighted by molar-refractivity contribution is 5.81. The van der Waals surface area contributed by atoms with Gasteiger partial charge in [-0.2, -0.15) is 5.26 Å². The molecule has 4 rings (SSSR count). The van der Waals surface area contributed by atoms with Crippen LogP contribution in [0.25, 0.3) is 11.0 Å². The van der Waals surface area contributed by atoms with Gasteiger partial charge in [0, 0.05) is 48.9 Å². The lowest BCUT2D eigenvalue weighted by Gasteiger charge is -2.34. The number of aromatic nitrogens is 1. The molecule has 1 unspecified atom stereocenters. The first-order valence-corrected chi connectivity index (χ1v) is 10.6. The molecular weight excluding hydrogens is 392 g/mol. The molecule has 0 radical (unpaired) electrons. The third kappa shape index (κ3) is 4.86. The molecule has 7 nitrogen and oxygen atoms in total. The average Bonchev–Trinajstić information content (AvgIpc) is 2.78. The van der Waals surface area contributed by atoms with E-state index < -0.39 is 0 Å². The summed E-state index contributed by atoms with van der Waals surface area (Å²) >= 11 is 0. The SMILES string of the molecule is Cc1cc(=O)oc2cc(OCC(C)NC3CCN(c4ncccc4C#N)CC3)ccc12. The van der Waals surface area contributed by atoms with E-state index in [9.17, 15) is 10.1 Å². The number of benzene rings is 1. The minimum absolute atomic E-state index is 0.168. The molecule has 31 heavy (non-hydrogen) atoms. The number of fused-ring (bicyclic) bond motifs is 1. The minimum atomic E-state index is -0.351. The van der Waals surface area contributed by atoms with Crippen LogP contribution in [-0.2, 0) is 0 Å². The molecule has 3 heterocycles. The van der Waals surface area contributed by atoms with Gasteiger partial charge in [-0.25, -0.2) is 9.78 Å². The Labute approximate surface area is 181 Å². The van der Waals surface area contributed by atoms with Crippen molar-refractivity contribution >= 4 is 16.8 Å². The maximum Gasteiger partial charge on any atom is 0.336 e. The summed E-state index contributed by atoms with van der Waals surface area (Å²) in [6, 6.07) is 13.5. The summed E-state index contributed by atoms with van der Waals surface area (Å²) in [5.74, 6) is 1.46. The Morgan fingerprint density at radius 1 is 1.32 bits per heavy atom. The van der Waals surface area contributed by atoms with E-state index in [-0.39, 0.29) is 11.7 Å². The fourth-order valence-electron chi connectivity index (χ4n) is 4.06. The maximum atomic E-state index is 11.6. The number of nitrogens with one attached hydrogen (secondary N) is 1. The van der Waals surface area contributed by atoms with Crippen molar-refractivity contribution in [3.63, 3.8) is 0 Å². The summed E-state index contributed by atoms with van der Waals surface area (Å²) in [4.78, 5) is 18.2. The first-order valence-electron chi connectivity index (χ1n) is 10.6. The third-order valence-corrected chi connectivity index (χ3v) is 5.64. The molecule has 1 fully saturated rings. The highest BCUT2D eigenvalue weighted by Crippen LogP contribution is 2.23. The number of rotatable bonds is 6. The van der Waals surface area contributed by atoms with Gasteiger partial charge in [0.05, 0.1) is 5.56 Å². The van der Waals surface area contributed by atoms with Crippen molar-refractivity contribution in [1.29, 1.82) is 5.26 Å². The Hall–Kier alpha value is -3.37. The first kappa shape index (κ1) is 20.9. The Bertz CT molecular complexity index is 1160. The molecule has 0 bridgehead atoms. The molecule has 1 atom stereocenters. The van der Waals surface area contributed by atoms with Gasteiger partial charge in [-0.15, -0.1) is 0 Å². The van der Waals surface area contributed by atoms with Crippen molar-refractivity contribution in [2.45, 2.75) is 38.8 Å². The first-order chi connectivity index (χ1) is 15.0. The van der Waals surface area contributed by atoms with E-state index in [1.807, 2.05) is 25.1 Å². The van der Waals surface area contributed by atoms with Crippen LogP contribution in [0.2, 0.25) is 0 Å². The van der Waals surface area contributed by atoms with Gasteiger partial charge < -0.3 is 19.4 Å². The lowest BCUT2D eigenvalue weighted by molar-refractivity contribution is 0.251. The summed E-state index contributed by atoms with van der Waals surface area (Å²) in [6.45, 7) is 6.23. The number of nitrogens with zero attached hydrogens (tertiary/aromatic N) is 3. The van der Waals surface area contributed by atoms with E-state index in [0.717, 1.165) is 42.7 Å². The van der Waals surface area contributed by atoms with Crippen LogP contribution in [0.15, 0.2) is 51.8 Å². The standard InChI is InChI=1S/C24H26N4O3/c1-16-12-23(29)31-22-13-20(5-6-21(16)22)30-15-17(2)27-19-7-10-28(11-8-19)24-18(14-25)4-3-9-26-24/h3-6,9,12-13,17,19,27H,7-8,10-11,15H2,1-2H3. The average molecular weight is 418 g/mol. The number of hydrogen-bond acceptors (Lipinski definition) is 7. The Morgan fingerprint density at radius 3 is 2.90 bits per heavy atom. The zero-order chi connectivity index (χ0) is 21.8. The number of nitriles is 1. The van der Waals surface area contributed by atoms with Crippen molar-refractivity contribution in [2.24, 2.45) is 0 Å². The Balaban J connectivity index is 1.29. The van der Waals surface area contributed by atoms with Crippen molar-refractivity contribution in [3.8, 4) is 11.8 Å². The minimum Gasteiger partial charge on any atom is -0.492 e.